The number of hydrogen-bond donors (Lipinski definition) is 1. The highest BCUT2D eigenvalue weighted by Crippen LogP contribution is 2.52. The molecule has 1 atom stereocenters. The summed E-state index contributed by atoms with van der Waals surface area (Å²) in [7, 11) is 1.59. The largest absolute Gasteiger partial charge is 0.370 e. The van der Waals surface area contributed by atoms with Gasteiger partial charge in [-0.05, 0) is 18.4 Å². The molecule has 2 aromatic rings. The van der Waals surface area contributed by atoms with Gasteiger partial charge in [-0.15, -0.1) is 0 Å². The Hall–Kier alpha value is -1.72. The van der Waals surface area contributed by atoms with Crippen LogP contribution < -0.4 is 5.73 Å². The first-order valence-corrected chi connectivity index (χ1v) is 6.42. The molecule has 5 nitrogen and oxygen atoms in total. The van der Waals surface area contributed by atoms with E-state index in [0.29, 0.717) is 12.4 Å². The van der Waals surface area contributed by atoms with Gasteiger partial charge in [0.2, 0.25) is 0 Å². The molecule has 0 saturated heterocycles. The van der Waals surface area contributed by atoms with Gasteiger partial charge in [-0.25, -0.2) is 0 Å². The molecule has 19 heavy (non-hydrogen) atoms. The molecule has 1 heterocycles. The van der Waals surface area contributed by atoms with Gasteiger partial charge in [0, 0.05) is 13.7 Å². The first kappa shape index (κ1) is 12.3. The Morgan fingerprint density at radius 3 is 2.68 bits per heavy atom. The van der Waals surface area contributed by atoms with Crippen LogP contribution in [0.5, 0.6) is 0 Å². The van der Waals surface area contributed by atoms with Crippen molar-refractivity contribution in [3.8, 4) is 0 Å². The van der Waals surface area contributed by atoms with Crippen molar-refractivity contribution in [2.75, 3.05) is 13.7 Å². The van der Waals surface area contributed by atoms with Crippen molar-refractivity contribution in [3.63, 3.8) is 0 Å². The zero-order chi connectivity index (χ0) is 13.3. The van der Waals surface area contributed by atoms with Crippen molar-refractivity contribution in [1.29, 1.82) is 0 Å². The van der Waals surface area contributed by atoms with E-state index in [9.17, 15) is 0 Å². The molecule has 0 spiro atoms. The van der Waals surface area contributed by atoms with Gasteiger partial charge in [0.1, 0.15) is 6.10 Å². The van der Waals surface area contributed by atoms with Crippen LogP contribution in [0, 0.1) is 0 Å². The molecule has 0 bridgehead atoms. The lowest BCUT2D eigenvalue weighted by Crippen LogP contribution is -2.15. The van der Waals surface area contributed by atoms with Crippen molar-refractivity contribution < 1.29 is 9.26 Å². The summed E-state index contributed by atoms with van der Waals surface area (Å²) in [5.74, 6) is 1.20. The summed E-state index contributed by atoms with van der Waals surface area (Å²) >= 11 is 0. The molecule has 1 fully saturated rings. The van der Waals surface area contributed by atoms with Crippen molar-refractivity contribution in [1.82, 2.24) is 10.1 Å². The molecule has 0 radical (unpaired) electrons. The number of nitrogens with zero attached hydrogens (tertiary/aromatic N) is 2. The quantitative estimate of drug-likeness (QED) is 0.886. The number of nitrogens with two attached hydrogens (primary N) is 1. The average Bonchev–Trinajstić information content (AvgIpc) is 3.14. The standard InChI is InChI=1S/C14H17N3O2/c1-18-11(9-15)12-16-13(17-19-12)14(7-8-14)10-5-3-2-4-6-10/h2-6,11H,7-9,15H2,1H3. The topological polar surface area (TPSA) is 74.2 Å². The van der Waals surface area contributed by atoms with Gasteiger partial charge in [-0.2, -0.15) is 4.98 Å². The number of benzene rings is 1. The summed E-state index contributed by atoms with van der Waals surface area (Å²) in [6, 6.07) is 10.3. The molecule has 0 amide bonds. The van der Waals surface area contributed by atoms with E-state index < -0.39 is 0 Å². The van der Waals surface area contributed by atoms with Crippen LogP contribution in [0.3, 0.4) is 0 Å². The zero-order valence-corrected chi connectivity index (χ0v) is 10.9. The fourth-order valence-electron chi connectivity index (χ4n) is 2.38. The van der Waals surface area contributed by atoms with Gasteiger partial charge in [-0.3, -0.25) is 0 Å². The SMILES string of the molecule is COC(CN)c1nc(C2(c3ccccc3)CC2)no1. The van der Waals surface area contributed by atoms with E-state index in [0.717, 1.165) is 18.7 Å². The average molecular weight is 259 g/mol. The van der Waals surface area contributed by atoms with Crippen molar-refractivity contribution in [2.24, 2.45) is 5.73 Å². The third kappa shape index (κ3) is 2.05. The fraction of sp³-hybridized carbons (Fsp3) is 0.429. The minimum absolute atomic E-state index is 0.0735. The third-order valence-electron chi connectivity index (χ3n) is 3.72. The maximum Gasteiger partial charge on any atom is 0.257 e. The van der Waals surface area contributed by atoms with Crippen LogP contribution in [0.25, 0.3) is 0 Å². The van der Waals surface area contributed by atoms with Gasteiger partial charge in [-0.1, -0.05) is 35.5 Å². The molecule has 1 saturated carbocycles. The number of aromatic nitrogens is 2. The van der Waals surface area contributed by atoms with Gasteiger partial charge in [0.25, 0.3) is 5.89 Å². The number of hydrogen-bond acceptors (Lipinski definition) is 5. The highest BCUT2D eigenvalue weighted by molar-refractivity contribution is 5.38. The predicted octanol–water partition coefficient (Wildman–Crippen LogP) is 1.80. The zero-order valence-electron chi connectivity index (χ0n) is 10.9. The minimum atomic E-state index is -0.326. The fourth-order valence-corrected chi connectivity index (χ4v) is 2.38. The second-order valence-electron chi connectivity index (χ2n) is 4.86. The number of methoxy groups -OCH3 is 1. The summed E-state index contributed by atoms with van der Waals surface area (Å²) in [5, 5.41) is 4.12. The molecular weight excluding hydrogens is 242 g/mol. The lowest BCUT2D eigenvalue weighted by molar-refractivity contribution is 0.0804. The van der Waals surface area contributed by atoms with Gasteiger partial charge in [0.15, 0.2) is 5.82 Å². The summed E-state index contributed by atoms with van der Waals surface area (Å²) in [5.41, 5.74) is 6.77. The molecule has 2 N–H and O–H groups in total. The molecule has 1 unspecified atom stereocenters. The van der Waals surface area contributed by atoms with Crippen LogP contribution >= 0.6 is 0 Å². The van der Waals surface area contributed by atoms with E-state index in [4.69, 9.17) is 15.0 Å². The molecule has 100 valence electrons. The third-order valence-corrected chi connectivity index (χ3v) is 3.72. The summed E-state index contributed by atoms with van der Waals surface area (Å²) in [6.45, 7) is 0.330. The summed E-state index contributed by atoms with van der Waals surface area (Å²) < 4.78 is 10.5. The minimum Gasteiger partial charge on any atom is -0.370 e. The maximum absolute atomic E-state index is 5.61. The molecule has 1 aromatic carbocycles. The first-order chi connectivity index (χ1) is 9.30. The highest BCUT2D eigenvalue weighted by Gasteiger charge is 2.50. The van der Waals surface area contributed by atoms with Crippen LogP contribution in [-0.2, 0) is 10.2 Å². The van der Waals surface area contributed by atoms with Crippen LogP contribution in [0.1, 0.15) is 36.2 Å². The van der Waals surface area contributed by atoms with Crippen LogP contribution in [0.15, 0.2) is 34.9 Å². The number of ether oxygens (including phenoxy) is 1. The van der Waals surface area contributed by atoms with Crippen molar-refractivity contribution in [2.45, 2.75) is 24.4 Å². The monoisotopic (exact) mass is 259 g/mol. The Morgan fingerprint density at radius 2 is 2.11 bits per heavy atom. The van der Waals surface area contributed by atoms with Crippen molar-refractivity contribution >= 4 is 0 Å². The Kier molecular flexibility index (Phi) is 3.08. The van der Waals surface area contributed by atoms with E-state index in [1.807, 2.05) is 18.2 Å². The molecule has 0 aliphatic heterocycles. The van der Waals surface area contributed by atoms with Crippen LogP contribution in [0.2, 0.25) is 0 Å². The van der Waals surface area contributed by atoms with Crippen LogP contribution in [-0.4, -0.2) is 23.8 Å². The van der Waals surface area contributed by atoms with Crippen molar-refractivity contribution in [3.05, 3.63) is 47.6 Å². The lowest BCUT2D eigenvalue weighted by Gasteiger charge is -2.10. The number of rotatable bonds is 5. The summed E-state index contributed by atoms with van der Waals surface area (Å²) in [6.07, 6.45) is 1.78. The normalized spacial score (nSPS) is 18.2. The lowest BCUT2D eigenvalue weighted by atomic mass is 9.95. The van der Waals surface area contributed by atoms with Gasteiger partial charge in [0.05, 0.1) is 5.41 Å². The van der Waals surface area contributed by atoms with E-state index in [2.05, 4.69) is 22.3 Å². The van der Waals surface area contributed by atoms with E-state index in [1.54, 1.807) is 7.11 Å². The molecule has 1 aliphatic rings. The molecule has 3 rings (SSSR count). The first-order valence-electron chi connectivity index (χ1n) is 6.42. The van der Waals surface area contributed by atoms with E-state index >= 15 is 0 Å². The van der Waals surface area contributed by atoms with E-state index in [-0.39, 0.29) is 11.5 Å². The Bertz CT molecular complexity index is 545. The second kappa shape index (κ2) is 4.75. The second-order valence-corrected chi connectivity index (χ2v) is 4.86. The van der Waals surface area contributed by atoms with Crippen LogP contribution in [0.4, 0.5) is 0 Å². The Morgan fingerprint density at radius 1 is 1.37 bits per heavy atom. The summed E-state index contributed by atoms with van der Waals surface area (Å²) in [4.78, 5) is 4.48. The highest BCUT2D eigenvalue weighted by atomic mass is 16.5. The predicted molar refractivity (Wildman–Crippen MR) is 69.6 cm³/mol. The van der Waals surface area contributed by atoms with Gasteiger partial charge >= 0.3 is 0 Å². The van der Waals surface area contributed by atoms with E-state index in [1.165, 1.54) is 5.56 Å². The molecule has 1 aliphatic carbocycles. The Labute approximate surface area is 111 Å². The Balaban J connectivity index is 1.91. The van der Waals surface area contributed by atoms with Gasteiger partial charge < -0.3 is 15.0 Å². The maximum atomic E-state index is 5.61. The molecule has 1 aromatic heterocycles. The molecule has 5 heteroatoms. The smallest absolute Gasteiger partial charge is 0.257 e. The molecular formula is C14H17N3O2.